The van der Waals surface area contributed by atoms with Crippen LogP contribution in [0, 0.1) is 11.6 Å². The van der Waals surface area contributed by atoms with Crippen molar-refractivity contribution in [1.29, 1.82) is 0 Å². The first-order chi connectivity index (χ1) is 13.6. The number of hydrogen-bond donors (Lipinski definition) is 0. The van der Waals surface area contributed by atoms with E-state index in [1.54, 1.807) is 47.3 Å². The fourth-order valence-corrected chi connectivity index (χ4v) is 3.84. The SMILES string of the molecule is O=c1c2ccccc2nc(SCc2cc(F)ccc2F)n1Cc1cccnc1. The number of fused-ring (bicyclic) bond motifs is 1. The highest BCUT2D eigenvalue weighted by Gasteiger charge is 2.13. The summed E-state index contributed by atoms with van der Waals surface area (Å²) in [5.41, 5.74) is 1.45. The second-order valence-corrected chi connectivity index (χ2v) is 7.13. The van der Waals surface area contributed by atoms with Crippen LogP contribution in [0.1, 0.15) is 11.1 Å². The normalized spacial score (nSPS) is 11.1. The van der Waals surface area contributed by atoms with Crippen LogP contribution in [-0.2, 0) is 12.3 Å². The van der Waals surface area contributed by atoms with E-state index in [4.69, 9.17) is 0 Å². The Morgan fingerprint density at radius 2 is 1.89 bits per heavy atom. The Hall–Kier alpha value is -3.06. The summed E-state index contributed by atoms with van der Waals surface area (Å²) in [4.78, 5) is 21.7. The van der Waals surface area contributed by atoms with E-state index in [0.717, 1.165) is 23.8 Å². The van der Waals surface area contributed by atoms with Crippen molar-refractivity contribution in [1.82, 2.24) is 14.5 Å². The van der Waals surface area contributed by atoms with Crippen LogP contribution in [0.2, 0.25) is 0 Å². The third-order valence-corrected chi connectivity index (χ3v) is 5.28. The van der Waals surface area contributed by atoms with Crippen LogP contribution in [0.4, 0.5) is 8.78 Å². The van der Waals surface area contributed by atoms with Crippen LogP contribution >= 0.6 is 11.8 Å². The largest absolute Gasteiger partial charge is 0.283 e. The van der Waals surface area contributed by atoms with E-state index < -0.39 is 11.6 Å². The van der Waals surface area contributed by atoms with Crippen LogP contribution < -0.4 is 5.56 Å². The van der Waals surface area contributed by atoms with Gasteiger partial charge in [-0.15, -0.1) is 0 Å². The maximum Gasteiger partial charge on any atom is 0.262 e. The first-order valence-corrected chi connectivity index (χ1v) is 9.55. The van der Waals surface area contributed by atoms with Crippen molar-refractivity contribution in [3.8, 4) is 0 Å². The number of aromatic nitrogens is 3. The maximum atomic E-state index is 14.0. The summed E-state index contributed by atoms with van der Waals surface area (Å²) in [6.45, 7) is 0.290. The summed E-state index contributed by atoms with van der Waals surface area (Å²) in [5.74, 6) is -0.839. The fraction of sp³-hybridized carbons (Fsp3) is 0.0952. The number of thioether (sulfide) groups is 1. The second kappa shape index (κ2) is 7.90. The molecular formula is C21H15F2N3OS. The zero-order valence-corrected chi connectivity index (χ0v) is 15.5. The third-order valence-electron chi connectivity index (χ3n) is 4.25. The average molecular weight is 395 g/mol. The second-order valence-electron chi connectivity index (χ2n) is 6.19. The van der Waals surface area contributed by atoms with E-state index in [0.29, 0.717) is 22.6 Å². The molecule has 0 unspecified atom stereocenters. The molecule has 4 rings (SSSR count). The highest BCUT2D eigenvalue weighted by atomic mass is 32.2. The van der Waals surface area contributed by atoms with E-state index in [1.807, 2.05) is 6.07 Å². The number of hydrogen-bond acceptors (Lipinski definition) is 4. The standard InChI is InChI=1S/C21H15F2N3OS/c22-16-7-8-18(23)15(10-16)13-28-21-25-19-6-2-1-5-17(19)20(27)26(21)12-14-4-3-9-24-11-14/h1-11H,12-13H2. The molecule has 0 fully saturated rings. The van der Waals surface area contributed by atoms with Crippen molar-refractivity contribution in [2.75, 3.05) is 0 Å². The van der Waals surface area contributed by atoms with Crippen LogP contribution in [-0.4, -0.2) is 14.5 Å². The predicted molar refractivity (Wildman–Crippen MR) is 105 cm³/mol. The molecule has 0 aliphatic rings. The molecule has 2 aromatic heterocycles. The van der Waals surface area contributed by atoms with Gasteiger partial charge in [0.1, 0.15) is 11.6 Å². The lowest BCUT2D eigenvalue weighted by atomic mass is 10.2. The smallest absolute Gasteiger partial charge is 0.262 e. The molecule has 4 aromatic rings. The maximum absolute atomic E-state index is 14.0. The number of pyridine rings is 1. The van der Waals surface area contributed by atoms with Gasteiger partial charge in [0.25, 0.3) is 5.56 Å². The zero-order chi connectivity index (χ0) is 19.5. The Bertz CT molecular complexity index is 1200. The molecule has 0 spiro atoms. The Balaban J connectivity index is 1.76. The topological polar surface area (TPSA) is 47.8 Å². The minimum absolute atomic E-state index is 0.154. The highest BCUT2D eigenvalue weighted by molar-refractivity contribution is 7.98. The number of nitrogens with zero attached hydrogens (tertiary/aromatic N) is 3. The molecule has 0 saturated carbocycles. The van der Waals surface area contributed by atoms with E-state index in [9.17, 15) is 13.6 Å². The van der Waals surface area contributed by atoms with Crippen LogP contribution in [0.25, 0.3) is 10.9 Å². The molecule has 2 aromatic carbocycles. The van der Waals surface area contributed by atoms with Gasteiger partial charge in [-0.2, -0.15) is 0 Å². The predicted octanol–water partition coefficient (Wildman–Crippen LogP) is 4.41. The zero-order valence-electron chi connectivity index (χ0n) is 14.7. The average Bonchev–Trinajstić information content (AvgIpc) is 2.72. The summed E-state index contributed by atoms with van der Waals surface area (Å²) < 4.78 is 29.0. The fourth-order valence-electron chi connectivity index (χ4n) is 2.87. The van der Waals surface area contributed by atoms with Crippen molar-refractivity contribution in [3.05, 3.63) is 100 Å². The number of halogens is 2. The molecule has 0 atom stereocenters. The van der Waals surface area contributed by atoms with Crippen molar-refractivity contribution in [2.45, 2.75) is 17.5 Å². The summed E-state index contributed by atoms with van der Waals surface area (Å²) in [5, 5.41) is 0.948. The molecule has 0 amide bonds. The lowest BCUT2D eigenvalue weighted by molar-refractivity contribution is 0.591. The van der Waals surface area contributed by atoms with Gasteiger partial charge in [-0.25, -0.2) is 13.8 Å². The molecule has 7 heteroatoms. The van der Waals surface area contributed by atoms with Gasteiger partial charge < -0.3 is 0 Å². The van der Waals surface area contributed by atoms with Gasteiger partial charge in [-0.3, -0.25) is 14.3 Å². The van der Waals surface area contributed by atoms with Crippen molar-refractivity contribution < 1.29 is 8.78 Å². The third kappa shape index (κ3) is 3.80. The quantitative estimate of drug-likeness (QED) is 0.371. The molecule has 0 saturated heterocycles. The molecule has 0 aliphatic carbocycles. The summed E-state index contributed by atoms with van der Waals surface area (Å²) >= 11 is 1.20. The molecule has 140 valence electrons. The molecule has 28 heavy (non-hydrogen) atoms. The van der Waals surface area contributed by atoms with Gasteiger partial charge in [-0.05, 0) is 42.0 Å². The van der Waals surface area contributed by atoms with Gasteiger partial charge in [-0.1, -0.05) is 30.0 Å². The van der Waals surface area contributed by atoms with Gasteiger partial charge >= 0.3 is 0 Å². The lowest BCUT2D eigenvalue weighted by Gasteiger charge is -2.13. The number of rotatable bonds is 5. The Kier molecular flexibility index (Phi) is 5.16. The Morgan fingerprint density at radius 3 is 2.71 bits per heavy atom. The van der Waals surface area contributed by atoms with Crippen molar-refractivity contribution in [2.24, 2.45) is 0 Å². The van der Waals surface area contributed by atoms with Crippen LogP contribution in [0.3, 0.4) is 0 Å². The van der Waals surface area contributed by atoms with Gasteiger partial charge in [0.2, 0.25) is 0 Å². The van der Waals surface area contributed by atoms with E-state index in [2.05, 4.69) is 9.97 Å². The first kappa shape index (κ1) is 18.3. The summed E-state index contributed by atoms with van der Waals surface area (Å²) in [7, 11) is 0. The number of para-hydroxylation sites is 1. The van der Waals surface area contributed by atoms with E-state index in [-0.39, 0.29) is 16.9 Å². The number of benzene rings is 2. The van der Waals surface area contributed by atoms with Crippen LogP contribution in [0.5, 0.6) is 0 Å². The molecule has 4 nitrogen and oxygen atoms in total. The van der Waals surface area contributed by atoms with Gasteiger partial charge in [0, 0.05) is 23.7 Å². The lowest BCUT2D eigenvalue weighted by Crippen LogP contribution is -2.24. The van der Waals surface area contributed by atoms with E-state index in [1.165, 1.54) is 11.8 Å². The van der Waals surface area contributed by atoms with Gasteiger partial charge in [0.05, 0.1) is 17.4 Å². The minimum Gasteiger partial charge on any atom is -0.283 e. The first-order valence-electron chi connectivity index (χ1n) is 8.57. The Labute approximate surface area is 163 Å². The molecule has 0 N–H and O–H groups in total. The summed E-state index contributed by atoms with van der Waals surface area (Å²) in [6, 6.07) is 14.1. The minimum atomic E-state index is -0.503. The van der Waals surface area contributed by atoms with E-state index >= 15 is 0 Å². The van der Waals surface area contributed by atoms with Crippen molar-refractivity contribution >= 4 is 22.7 Å². The molecule has 2 heterocycles. The molecule has 0 bridgehead atoms. The van der Waals surface area contributed by atoms with Crippen molar-refractivity contribution in [3.63, 3.8) is 0 Å². The Morgan fingerprint density at radius 1 is 1.04 bits per heavy atom. The molecular weight excluding hydrogens is 380 g/mol. The monoisotopic (exact) mass is 395 g/mol. The highest BCUT2D eigenvalue weighted by Crippen LogP contribution is 2.24. The summed E-state index contributed by atoms with van der Waals surface area (Å²) in [6.07, 6.45) is 3.34. The molecule has 0 radical (unpaired) electrons. The van der Waals surface area contributed by atoms with Crippen LogP contribution in [0.15, 0.2) is 76.9 Å². The van der Waals surface area contributed by atoms with Gasteiger partial charge in [0.15, 0.2) is 5.16 Å². The molecule has 0 aliphatic heterocycles.